The first-order valence-electron chi connectivity index (χ1n) is 10.6. The van der Waals surface area contributed by atoms with Gasteiger partial charge in [0.2, 0.25) is 0 Å². The molecule has 164 valence electrons. The molecule has 0 saturated heterocycles. The van der Waals surface area contributed by atoms with E-state index in [-0.39, 0.29) is 0 Å². The molecule has 0 aliphatic heterocycles. The Labute approximate surface area is 196 Å². The van der Waals surface area contributed by atoms with Gasteiger partial charge in [-0.15, -0.1) is 16.4 Å². The molecule has 2 aromatic heterocycles. The van der Waals surface area contributed by atoms with Crippen molar-refractivity contribution in [1.29, 1.82) is 0 Å². The van der Waals surface area contributed by atoms with Crippen LogP contribution in [0.15, 0.2) is 78.2 Å². The summed E-state index contributed by atoms with van der Waals surface area (Å²) < 4.78 is 7.48. The molecule has 5 aromatic rings. The number of hydrogen-bond acceptors (Lipinski definition) is 6. The van der Waals surface area contributed by atoms with Gasteiger partial charge in [0.05, 0.1) is 11.4 Å². The first kappa shape index (κ1) is 20.9. The number of aromatic nitrogens is 4. The van der Waals surface area contributed by atoms with Gasteiger partial charge in [-0.05, 0) is 60.9 Å². The largest absolute Gasteiger partial charge is 0.489 e. The second-order valence-electron chi connectivity index (χ2n) is 7.84. The van der Waals surface area contributed by atoms with E-state index in [4.69, 9.17) is 15.5 Å². The van der Waals surface area contributed by atoms with Crippen LogP contribution in [0.4, 0.5) is 5.82 Å². The van der Waals surface area contributed by atoms with E-state index in [2.05, 4.69) is 42.4 Å². The lowest BCUT2D eigenvalue weighted by Gasteiger charge is -2.08. The number of thiazole rings is 1. The third-order valence-corrected chi connectivity index (χ3v) is 6.39. The van der Waals surface area contributed by atoms with Crippen LogP contribution in [0.5, 0.6) is 5.75 Å². The number of rotatable bonds is 6. The molecule has 6 nitrogen and oxygen atoms in total. The third kappa shape index (κ3) is 4.36. The lowest BCUT2D eigenvalue weighted by molar-refractivity contribution is 0.306. The monoisotopic (exact) mass is 453 g/mol. The predicted octanol–water partition coefficient (Wildman–Crippen LogP) is 5.84. The number of hydrogen-bond donors (Lipinski definition) is 1. The van der Waals surface area contributed by atoms with E-state index < -0.39 is 0 Å². The highest BCUT2D eigenvalue weighted by molar-refractivity contribution is 7.13. The molecule has 0 radical (unpaired) electrons. The van der Waals surface area contributed by atoms with Gasteiger partial charge in [-0.25, -0.2) is 4.98 Å². The van der Waals surface area contributed by atoms with Crippen molar-refractivity contribution in [2.24, 2.45) is 0 Å². The molecule has 33 heavy (non-hydrogen) atoms. The Bertz CT molecular complexity index is 1390. The average molecular weight is 454 g/mol. The fourth-order valence-corrected chi connectivity index (χ4v) is 4.29. The first-order valence-corrected chi connectivity index (χ1v) is 11.5. The normalized spacial score (nSPS) is 11.0. The van der Waals surface area contributed by atoms with Crippen LogP contribution in [0, 0.1) is 13.8 Å². The maximum atomic E-state index is 6.41. The minimum Gasteiger partial charge on any atom is -0.489 e. The molecule has 0 unspecified atom stereocenters. The van der Waals surface area contributed by atoms with E-state index in [1.165, 1.54) is 22.5 Å². The Morgan fingerprint density at radius 1 is 0.939 bits per heavy atom. The number of nitrogens with zero attached hydrogens (tertiary/aromatic N) is 4. The van der Waals surface area contributed by atoms with Crippen LogP contribution < -0.4 is 10.5 Å². The van der Waals surface area contributed by atoms with Crippen molar-refractivity contribution in [2.75, 3.05) is 5.73 Å². The van der Waals surface area contributed by atoms with E-state index >= 15 is 0 Å². The Morgan fingerprint density at radius 2 is 1.73 bits per heavy atom. The van der Waals surface area contributed by atoms with E-state index in [0.717, 1.165) is 33.3 Å². The number of nitrogen functional groups attached to an aromatic ring is 1. The number of ether oxygens (including phenoxy) is 1. The molecule has 0 bridgehead atoms. The van der Waals surface area contributed by atoms with Crippen molar-refractivity contribution in [3.63, 3.8) is 0 Å². The molecule has 7 heteroatoms. The highest BCUT2D eigenvalue weighted by atomic mass is 32.1. The molecule has 0 aliphatic carbocycles. The van der Waals surface area contributed by atoms with Crippen molar-refractivity contribution in [2.45, 2.75) is 20.5 Å². The molecule has 0 fully saturated rings. The van der Waals surface area contributed by atoms with Crippen LogP contribution in [-0.2, 0) is 6.61 Å². The van der Waals surface area contributed by atoms with Gasteiger partial charge < -0.3 is 10.5 Å². The van der Waals surface area contributed by atoms with Crippen LogP contribution in [0.3, 0.4) is 0 Å². The summed E-state index contributed by atoms with van der Waals surface area (Å²) in [6.07, 6.45) is 0. The van der Waals surface area contributed by atoms with Gasteiger partial charge in [-0.3, -0.25) is 0 Å². The Kier molecular flexibility index (Phi) is 5.62. The van der Waals surface area contributed by atoms with Gasteiger partial charge in [0, 0.05) is 10.9 Å². The zero-order valence-corrected chi connectivity index (χ0v) is 19.2. The minimum absolute atomic E-state index is 0.453. The minimum atomic E-state index is 0.453. The molecule has 0 saturated carbocycles. The number of anilines is 1. The quantitative estimate of drug-likeness (QED) is 0.350. The summed E-state index contributed by atoms with van der Waals surface area (Å²) in [5.74, 6) is 1.23. The van der Waals surface area contributed by atoms with Gasteiger partial charge in [-0.2, -0.15) is 4.68 Å². The highest BCUT2D eigenvalue weighted by Gasteiger charge is 2.17. The maximum Gasteiger partial charge on any atom is 0.165 e. The Balaban J connectivity index is 1.34. The maximum absolute atomic E-state index is 6.41. The van der Waals surface area contributed by atoms with Crippen LogP contribution in [0.2, 0.25) is 0 Å². The van der Waals surface area contributed by atoms with Crippen molar-refractivity contribution in [1.82, 2.24) is 20.0 Å². The summed E-state index contributed by atoms with van der Waals surface area (Å²) >= 11 is 1.51. The Morgan fingerprint density at radius 3 is 2.48 bits per heavy atom. The standard InChI is InChI=1S/C26H23N5OS/c1-17-8-9-20(14-18(17)2)23-16-33-26(28-23)24-25(27)31(30-29-24)21-10-12-22(13-11-21)32-15-19-6-4-3-5-7-19/h3-14,16H,15,27H2,1-2H3. The Hall–Kier alpha value is -3.97. The molecule has 0 spiro atoms. The molecular formula is C26H23N5OS. The van der Waals surface area contributed by atoms with Gasteiger partial charge in [0.15, 0.2) is 11.5 Å². The van der Waals surface area contributed by atoms with Crippen molar-refractivity contribution < 1.29 is 4.74 Å². The highest BCUT2D eigenvalue weighted by Crippen LogP contribution is 2.32. The fourth-order valence-electron chi connectivity index (χ4n) is 3.47. The van der Waals surface area contributed by atoms with Gasteiger partial charge in [-0.1, -0.05) is 47.7 Å². The van der Waals surface area contributed by atoms with Crippen molar-refractivity contribution >= 4 is 17.2 Å². The van der Waals surface area contributed by atoms with Crippen LogP contribution >= 0.6 is 11.3 Å². The van der Waals surface area contributed by atoms with Gasteiger partial charge in [0.25, 0.3) is 0 Å². The molecule has 0 atom stereocenters. The summed E-state index contributed by atoms with van der Waals surface area (Å²) in [7, 11) is 0. The smallest absolute Gasteiger partial charge is 0.165 e. The second-order valence-corrected chi connectivity index (χ2v) is 8.70. The molecule has 3 aromatic carbocycles. The fraction of sp³-hybridized carbons (Fsp3) is 0.115. The molecule has 2 heterocycles. The van der Waals surface area contributed by atoms with E-state index in [1.807, 2.05) is 60.0 Å². The zero-order valence-electron chi connectivity index (χ0n) is 18.4. The molecule has 5 rings (SSSR count). The molecule has 2 N–H and O–H groups in total. The van der Waals surface area contributed by atoms with E-state index in [9.17, 15) is 0 Å². The molecule has 0 amide bonds. The summed E-state index contributed by atoms with van der Waals surface area (Å²) in [5.41, 5.74) is 13.4. The average Bonchev–Trinajstić information content (AvgIpc) is 3.47. The number of nitrogens with two attached hydrogens (primary N) is 1. The van der Waals surface area contributed by atoms with Crippen molar-refractivity contribution in [3.8, 4) is 33.4 Å². The van der Waals surface area contributed by atoms with Crippen LogP contribution in [0.1, 0.15) is 16.7 Å². The summed E-state index contributed by atoms with van der Waals surface area (Å²) in [6.45, 7) is 4.73. The third-order valence-electron chi connectivity index (χ3n) is 5.54. The summed E-state index contributed by atoms with van der Waals surface area (Å²) in [6, 6.07) is 24.0. The molecular weight excluding hydrogens is 430 g/mol. The van der Waals surface area contributed by atoms with E-state index in [1.54, 1.807) is 4.68 Å². The van der Waals surface area contributed by atoms with Crippen molar-refractivity contribution in [3.05, 3.63) is 94.9 Å². The zero-order chi connectivity index (χ0) is 22.8. The first-order chi connectivity index (χ1) is 16.1. The number of aryl methyl sites for hydroxylation is 2. The lowest BCUT2D eigenvalue weighted by atomic mass is 10.1. The summed E-state index contributed by atoms with van der Waals surface area (Å²) in [5, 5.41) is 11.3. The van der Waals surface area contributed by atoms with Crippen LogP contribution in [-0.4, -0.2) is 20.0 Å². The van der Waals surface area contributed by atoms with E-state index in [0.29, 0.717) is 18.1 Å². The SMILES string of the molecule is Cc1ccc(-c2csc(-c3nnn(-c4ccc(OCc5ccccc5)cc4)c3N)n2)cc1C. The second kappa shape index (κ2) is 8.88. The topological polar surface area (TPSA) is 78.8 Å². The van der Waals surface area contributed by atoms with Gasteiger partial charge >= 0.3 is 0 Å². The molecule has 0 aliphatic rings. The predicted molar refractivity (Wildman–Crippen MR) is 133 cm³/mol. The van der Waals surface area contributed by atoms with Gasteiger partial charge in [0.1, 0.15) is 17.4 Å². The summed E-state index contributed by atoms with van der Waals surface area (Å²) in [4.78, 5) is 4.76. The lowest BCUT2D eigenvalue weighted by Crippen LogP contribution is -2.02. The van der Waals surface area contributed by atoms with Crippen LogP contribution in [0.25, 0.3) is 27.6 Å². The number of benzene rings is 3.